The van der Waals surface area contributed by atoms with Gasteiger partial charge in [-0.2, -0.15) is 0 Å². The van der Waals surface area contributed by atoms with Crippen LogP contribution in [0.25, 0.3) is 0 Å². The van der Waals surface area contributed by atoms with Gasteiger partial charge in [0.05, 0.1) is 5.54 Å². The van der Waals surface area contributed by atoms with Gasteiger partial charge in [-0.3, -0.25) is 4.99 Å². The smallest absolute Gasteiger partial charge is 0.161 e. The number of hydrogen-bond acceptors (Lipinski definition) is 3. The maximum Gasteiger partial charge on any atom is 0.161 e. The summed E-state index contributed by atoms with van der Waals surface area (Å²) in [6.45, 7) is 6.42. The molecule has 0 saturated heterocycles. The fraction of sp³-hybridized carbons (Fsp3) is 0.500. The maximum atomic E-state index is 6.13. The van der Waals surface area contributed by atoms with Gasteiger partial charge in [0.15, 0.2) is 5.17 Å². The van der Waals surface area contributed by atoms with E-state index >= 15 is 0 Å². The van der Waals surface area contributed by atoms with Gasteiger partial charge in [-0.15, -0.1) is 0 Å². The molecule has 18 heavy (non-hydrogen) atoms. The van der Waals surface area contributed by atoms with Crippen molar-refractivity contribution in [2.24, 2.45) is 4.99 Å². The normalized spacial score (nSPS) is 23.7. The lowest BCUT2D eigenvalue weighted by Gasteiger charge is -2.29. The van der Waals surface area contributed by atoms with Crippen molar-refractivity contribution in [3.05, 3.63) is 28.8 Å². The van der Waals surface area contributed by atoms with Crippen molar-refractivity contribution in [3.63, 3.8) is 0 Å². The van der Waals surface area contributed by atoms with Crippen LogP contribution in [0.1, 0.15) is 32.3 Å². The Bertz CT molecular complexity index is 473. The van der Waals surface area contributed by atoms with Crippen LogP contribution in [0.3, 0.4) is 0 Å². The third kappa shape index (κ3) is 3.21. The predicted octanol–water partition coefficient (Wildman–Crippen LogP) is 4.72. The number of aliphatic imine (C=N–C) groups is 1. The minimum atomic E-state index is 0.0854. The number of amidine groups is 1. The van der Waals surface area contributed by atoms with E-state index in [0.29, 0.717) is 0 Å². The van der Waals surface area contributed by atoms with Crippen molar-refractivity contribution in [3.8, 4) is 0 Å². The summed E-state index contributed by atoms with van der Waals surface area (Å²) in [6, 6.07) is 6.03. The number of nitrogens with one attached hydrogen (secondary N) is 1. The van der Waals surface area contributed by atoms with E-state index in [9.17, 15) is 0 Å². The van der Waals surface area contributed by atoms with Gasteiger partial charge in [-0.25, -0.2) is 0 Å². The van der Waals surface area contributed by atoms with Gasteiger partial charge in [-0.05, 0) is 44.4 Å². The first-order chi connectivity index (χ1) is 8.52. The third-order valence-electron chi connectivity index (χ3n) is 3.44. The van der Waals surface area contributed by atoms with Crippen LogP contribution >= 0.6 is 23.4 Å². The Balaban J connectivity index is 2.16. The van der Waals surface area contributed by atoms with Crippen molar-refractivity contribution in [2.45, 2.75) is 39.2 Å². The minimum Gasteiger partial charge on any atom is -0.335 e. The minimum absolute atomic E-state index is 0.0854. The Morgan fingerprint density at radius 2 is 2.28 bits per heavy atom. The molecule has 1 N–H and O–H groups in total. The van der Waals surface area contributed by atoms with E-state index in [1.807, 2.05) is 25.1 Å². The van der Waals surface area contributed by atoms with Crippen LogP contribution in [-0.4, -0.2) is 16.5 Å². The standard InChI is InChI=1S/C14H19ClN2S/c1-4-14(3)7-8-18-13(17-14)16-11-6-5-10(2)12(15)9-11/h5-6,9H,4,7-8H2,1-3H3,(H,16,17). The fourth-order valence-corrected chi connectivity index (χ4v) is 3.21. The molecule has 1 heterocycles. The molecular weight excluding hydrogens is 264 g/mol. The van der Waals surface area contributed by atoms with Crippen molar-refractivity contribution in [1.29, 1.82) is 0 Å². The largest absolute Gasteiger partial charge is 0.335 e. The molecule has 2 nitrogen and oxygen atoms in total. The lowest BCUT2D eigenvalue weighted by molar-refractivity contribution is 0.443. The van der Waals surface area contributed by atoms with Gasteiger partial charge in [0.25, 0.3) is 0 Å². The van der Waals surface area contributed by atoms with E-state index in [0.717, 1.165) is 40.0 Å². The van der Waals surface area contributed by atoms with Crippen LogP contribution in [-0.2, 0) is 0 Å². The zero-order chi connectivity index (χ0) is 13.2. The number of aryl methyl sites for hydroxylation is 1. The first-order valence-electron chi connectivity index (χ1n) is 6.28. The monoisotopic (exact) mass is 282 g/mol. The SMILES string of the molecule is CCC1(C)CCSC(Nc2ccc(C)c(Cl)c2)=N1. The number of thioether (sulfide) groups is 1. The van der Waals surface area contributed by atoms with Crippen molar-refractivity contribution >= 4 is 34.2 Å². The molecule has 98 valence electrons. The lowest BCUT2D eigenvalue weighted by Crippen LogP contribution is -2.29. The Hall–Kier alpha value is -0.670. The summed E-state index contributed by atoms with van der Waals surface area (Å²) in [6.07, 6.45) is 2.22. The van der Waals surface area contributed by atoms with Crippen molar-refractivity contribution in [1.82, 2.24) is 0 Å². The van der Waals surface area contributed by atoms with Crippen molar-refractivity contribution in [2.75, 3.05) is 11.1 Å². The van der Waals surface area contributed by atoms with Crippen LogP contribution in [0.15, 0.2) is 23.2 Å². The average molecular weight is 283 g/mol. The zero-order valence-electron chi connectivity index (χ0n) is 11.1. The molecule has 0 aliphatic carbocycles. The molecule has 1 aromatic carbocycles. The van der Waals surface area contributed by atoms with Gasteiger partial charge in [0.2, 0.25) is 0 Å². The van der Waals surface area contributed by atoms with E-state index in [1.165, 1.54) is 0 Å². The number of halogens is 1. The second kappa shape index (κ2) is 5.54. The van der Waals surface area contributed by atoms with E-state index in [-0.39, 0.29) is 5.54 Å². The number of benzene rings is 1. The molecule has 0 amide bonds. The molecule has 0 spiro atoms. The van der Waals surface area contributed by atoms with Crippen LogP contribution < -0.4 is 5.32 Å². The van der Waals surface area contributed by atoms with E-state index < -0.39 is 0 Å². The lowest BCUT2D eigenvalue weighted by atomic mass is 9.97. The first-order valence-corrected chi connectivity index (χ1v) is 7.64. The van der Waals surface area contributed by atoms with Gasteiger partial charge in [0.1, 0.15) is 0 Å². The van der Waals surface area contributed by atoms with E-state index in [4.69, 9.17) is 16.6 Å². The Morgan fingerprint density at radius 3 is 2.94 bits per heavy atom. The number of nitrogens with zero attached hydrogens (tertiary/aromatic N) is 1. The molecule has 1 aromatic rings. The van der Waals surface area contributed by atoms with Gasteiger partial charge in [0, 0.05) is 16.5 Å². The molecule has 0 bridgehead atoms. The van der Waals surface area contributed by atoms with Gasteiger partial charge < -0.3 is 5.32 Å². The first kappa shape index (κ1) is 13.8. The van der Waals surface area contributed by atoms with Crippen LogP contribution in [0.2, 0.25) is 5.02 Å². The highest BCUT2D eigenvalue weighted by Crippen LogP contribution is 2.30. The van der Waals surface area contributed by atoms with Crippen LogP contribution in [0.5, 0.6) is 0 Å². The van der Waals surface area contributed by atoms with E-state index in [2.05, 4.69) is 19.2 Å². The molecule has 0 radical (unpaired) electrons. The second-order valence-corrected chi connectivity index (χ2v) is 6.45. The number of hydrogen-bond donors (Lipinski definition) is 1. The Kier molecular flexibility index (Phi) is 4.23. The zero-order valence-corrected chi connectivity index (χ0v) is 12.7. The number of rotatable bonds is 2. The highest BCUT2D eigenvalue weighted by Gasteiger charge is 2.25. The molecule has 0 fully saturated rings. The Morgan fingerprint density at radius 1 is 1.50 bits per heavy atom. The molecule has 0 aromatic heterocycles. The molecule has 1 aliphatic rings. The maximum absolute atomic E-state index is 6.13. The molecule has 2 rings (SSSR count). The topological polar surface area (TPSA) is 24.4 Å². The average Bonchev–Trinajstić information content (AvgIpc) is 2.34. The summed E-state index contributed by atoms with van der Waals surface area (Å²) < 4.78 is 0. The summed E-state index contributed by atoms with van der Waals surface area (Å²) in [7, 11) is 0. The summed E-state index contributed by atoms with van der Waals surface area (Å²) in [5.41, 5.74) is 2.19. The summed E-state index contributed by atoms with van der Waals surface area (Å²) in [5, 5.41) is 5.16. The molecule has 1 atom stereocenters. The van der Waals surface area contributed by atoms with Gasteiger partial charge in [-0.1, -0.05) is 36.4 Å². The summed E-state index contributed by atoms with van der Waals surface area (Å²) in [4.78, 5) is 4.81. The predicted molar refractivity (Wildman–Crippen MR) is 83.0 cm³/mol. The fourth-order valence-electron chi connectivity index (χ4n) is 1.81. The van der Waals surface area contributed by atoms with Crippen molar-refractivity contribution < 1.29 is 0 Å². The highest BCUT2D eigenvalue weighted by molar-refractivity contribution is 8.14. The highest BCUT2D eigenvalue weighted by atomic mass is 35.5. The third-order valence-corrected chi connectivity index (χ3v) is 4.72. The summed E-state index contributed by atoms with van der Waals surface area (Å²) >= 11 is 7.91. The quantitative estimate of drug-likeness (QED) is 0.849. The molecule has 0 saturated carbocycles. The molecule has 4 heteroatoms. The van der Waals surface area contributed by atoms with Gasteiger partial charge >= 0.3 is 0 Å². The Labute approximate surface area is 118 Å². The van der Waals surface area contributed by atoms with Crippen LogP contribution in [0, 0.1) is 6.92 Å². The second-order valence-electron chi connectivity index (χ2n) is 4.95. The molecule has 1 unspecified atom stereocenters. The van der Waals surface area contributed by atoms with E-state index in [1.54, 1.807) is 11.8 Å². The summed E-state index contributed by atoms with van der Waals surface area (Å²) in [5.74, 6) is 1.12. The molecule has 1 aliphatic heterocycles. The van der Waals surface area contributed by atoms with Crippen LogP contribution in [0.4, 0.5) is 5.69 Å². The number of anilines is 1. The molecular formula is C14H19ClN2S.